The lowest BCUT2D eigenvalue weighted by Crippen LogP contribution is -2.62. The summed E-state index contributed by atoms with van der Waals surface area (Å²) in [7, 11) is 0. The molecule has 1 saturated heterocycles. The summed E-state index contributed by atoms with van der Waals surface area (Å²) in [4.78, 5) is 0. The van der Waals surface area contributed by atoms with Gasteiger partial charge in [-0.15, -0.1) is 0 Å². The van der Waals surface area contributed by atoms with E-state index in [0.717, 1.165) is 23.6 Å². The van der Waals surface area contributed by atoms with Crippen molar-refractivity contribution < 1.29 is 0 Å². The fourth-order valence-corrected chi connectivity index (χ4v) is 3.72. The Morgan fingerprint density at radius 3 is 2.19 bits per heavy atom. The zero-order chi connectivity index (χ0) is 15.7. The van der Waals surface area contributed by atoms with Crippen LogP contribution in [0.4, 0.5) is 5.69 Å². The third-order valence-electron chi connectivity index (χ3n) is 3.63. The maximum Gasteiger partial charge on any atom is 0.170 e. The van der Waals surface area contributed by atoms with Gasteiger partial charge in [0.25, 0.3) is 0 Å². The first-order valence-corrected chi connectivity index (χ1v) is 8.06. The molecule has 1 heterocycles. The summed E-state index contributed by atoms with van der Waals surface area (Å²) in [6.45, 7) is 8.94. The van der Waals surface area contributed by atoms with E-state index in [1.165, 1.54) is 0 Å². The first-order valence-electron chi connectivity index (χ1n) is 7.28. The average Bonchev–Trinajstić information content (AvgIpc) is 2.27. The van der Waals surface area contributed by atoms with Crippen LogP contribution in [-0.4, -0.2) is 22.2 Å². The third kappa shape index (κ3) is 5.13. The van der Waals surface area contributed by atoms with Gasteiger partial charge in [0.2, 0.25) is 0 Å². The molecule has 1 fully saturated rings. The molecule has 0 atom stereocenters. The van der Waals surface area contributed by atoms with Crippen LogP contribution in [0.3, 0.4) is 0 Å². The van der Waals surface area contributed by atoms with Crippen LogP contribution in [-0.2, 0) is 0 Å². The van der Waals surface area contributed by atoms with Crippen molar-refractivity contribution in [3.05, 3.63) is 29.3 Å². The minimum Gasteiger partial charge on any atom is -0.360 e. The van der Waals surface area contributed by atoms with Crippen LogP contribution in [0.1, 0.15) is 40.5 Å². The number of rotatable bonds is 2. The average molecular weight is 326 g/mol. The molecule has 0 radical (unpaired) electrons. The number of nitrogens with one attached hydrogen (secondary N) is 3. The molecule has 21 heavy (non-hydrogen) atoms. The first-order chi connectivity index (χ1) is 9.65. The fourth-order valence-electron chi connectivity index (χ4n) is 3.31. The Hall–Kier alpha value is -0.840. The summed E-state index contributed by atoms with van der Waals surface area (Å²) in [5, 5.41) is 11.7. The summed E-state index contributed by atoms with van der Waals surface area (Å²) < 4.78 is 0. The number of thiocarbonyl (C=S) groups is 1. The molecule has 0 saturated carbocycles. The quantitative estimate of drug-likeness (QED) is 0.720. The largest absolute Gasteiger partial charge is 0.360 e. The molecule has 0 amide bonds. The Morgan fingerprint density at radius 1 is 1.14 bits per heavy atom. The summed E-state index contributed by atoms with van der Waals surface area (Å²) >= 11 is 11.3. The Bertz CT molecular complexity index is 495. The van der Waals surface area contributed by atoms with Crippen LogP contribution in [0.5, 0.6) is 0 Å². The van der Waals surface area contributed by atoms with Gasteiger partial charge in [0.15, 0.2) is 5.11 Å². The van der Waals surface area contributed by atoms with Crippen molar-refractivity contribution in [2.45, 2.75) is 57.7 Å². The van der Waals surface area contributed by atoms with Gasteiger partial charge >= 0.3 is 0 Å². The predicted molar refractivity (Wildman–Crippen MR) is 95.1 cm³/mol. The van der Waals surface area contributed by atoms with E-state index in [0.29, 0.717) is 11.2 Å². The molecule has 2 rings (SSSR count). The van der Waals surface area contributed by atoms with Crippen molar-refractivity contribution in [2.24, 2.45) is 0 Å². The van der Waals surface area contributed by atoms with E-state index in [2.05, 4.69) is 43.6 Å². The molecular weight excluding hydrogens is 302 g/mol. The van der Waals surface area contributed by atoms with E-state index in [9.17, 15) is 0 Å². The standard InChI is InChI=1S/C16H24ClN3S/c1-15(2)9-13(10-16(3,4)20-15)19-14(21)18-12-7-5-11(17)6-8-12/h5-8,13,20H,9-10H2,1-4H3,(H2,18,19,21). The van der Waals surface area contributed by atoms with Gasteiger partial charge in [0, 0.05) is 27.8 Å². The van der Waals surface area contributed by atoms with Crippen molar-refractivity contribution in [3.8, 4) is 0 Å². The number of anilines is 1. The Kier molecular flexibility index (Phi) is 4.81. The van der Waals surface area contributed by atoms with E-state index in [-0.39, 0.29) is 11.1 Å². The lowest BCUT2D eigenvalue weighted by molar-refractivity contribution is 0.156. The van der Waals surface area contributed by atoms with E-state index < -0.39 is 0 Å². The van der Waals surface area contributed by atoms with Crippen molar-refractivity contribution in [3.63, 3.8) is 0 Å². The van der Waals surface area contributed by atoms with Crippen molar-refractivity contribution in [1.29, 1.82) is 0 Å². The van der Waals surface area contributed by atoms with Crippen LogP contribution < -0.4 is 16.0 Å². The molecule has 0 aliphatic carbocycles. The summed E-state index contributed by atoms with van der Waals surface area (Å²) in [5.74, 6) is 0. The van der Waals surface area contributed by atoms with Crippen LogP contribution in [0.2, 0.25) is 5.02 Å². The molecule has 3 nitrogen and oxygen atoms in total. The first kappa shape index (κ1) is 16.5. The van der Waals surface area contributed by atoms with Crippen molar-refractivity contribution >= 4 is 34.6 Å². The van der Waals surface area contributed by atoms with E-state index in [1.807, 2.05) is 24.3 Å². The van der Waals surface area contributed by atoms with Gasteiger partial charge in [-0.2, -0.15) is 0 Å². The second-order valence-electron chi connectivity index (χ2n) is 7.10. The van der Waals surface area contributed by atoms with E-state index in [1.54, 1.807) is 0 Å². The van der Waals surface area contributed by atoms with Crippen molar-refractivity contribution in [1.82, 2.24) is 10.6 Å². The maximum atomic E-state index is 5.88. The number of hydrogen-bond acceptors (Lipinski definition) is 2. The number of hydrogen-bond donors (Lipinski definition) is 3. The molecule has 1 aromatic rings. The molecule has 1 aliphatic rings. The molecule has 0 bridgehead atoms. The molecule has 1 aliphatic heterocycles. The number of halogens is 1. The van der Waals surface area contributed by atoms with Gasteiger partial charge in [-0.25, -0.2) is 0 Å². The van der Waals surface area contributed by atoms with Crippen LogP contribution >= 0.6 is 23.8 Å². The highest BCUT2D eigenvalue weighted by atomic mass is 35.5. The summed E-state index contributed by atoms with van der Waals surface area (Å²) in [5.41, 5.74) is 1.16. The minimum absolute atomic E-state index is 0.106. The smallest absolute Gasteiger partial charge is 0.170 e. The fraction of sp³-hybridized carbons (Fsp3) is 0.562. The van der Waals surface area contributed by atoms with Gasteiger partial charge in [0.05, 0.1) is 0 Å². The molecule has 0 aromatic heterocycles. The van der Waals surface area contributed by atoms with Gasteiger partial charge in [-0.05, 0) is 77.0 Å². The second-order valence-corrected chi connectivity index (χ2v) is 7.95. The van der Waals surface area contributed by atoms with Gasteiger partial charge in [0.1, 0.15) is 0 Å². The highest BCUT2D eigenvalue weighted by molar-refractivity contribution is 7.80. The molecule has 1 aromatic carbocycles. The van der Waals surface area contributed by atoms with Crippen LogP contribution in [0, 0.1) is 0 Å². The normalized spacial score (nSPS) is 20.8. The van der Waals surface area contributed by atoms with E-state index >= 15 is 0 Å². The highest BCUT2D eigenvalue weighted by Gasteiger charge is 2.37. The second kappa shape index (κ2) is 6.11. The lowest BCUT2D eigenvalue weighted by atomic mass is 9.80. The molecule has 5 heteroatoms. The minimum atomic E-state index is 0.106. The Balaban J connectivity index is 1.94. The number of benzene rings is 1. The lowest BCUT2D eigenvalue weighted by Gasteiger charge is -2.46. The predicted octanol–water partition coefficient (Wildman–Crippen LogP) is 3.94. The monoisotopic (exact) mass is 325 g/mol. The topological polar surface area (TPSA) is 36.1 Å². The highest BCUT2D eigenvalue weighted by Crippen LogP contribution is 2.28. The number of piperidine rings is 1. The van der Waals surface area contributed by atoms with Gasteiger partial charge in [-0.1, -0.05) is 11.6 Å². The maximum absolute atomic E-state index is 5.88. The molecule has 0 spiro atoms. The Morgan fingerprint density at radius 2 is 1.67 bits per heavy atom. The Labute approximate surface area is 137 Å². The molecule has 0 unspecified atom stereocenters. The zero-order valence-electron chi connectivity index (χ0n) is 13.1. The van der Waals surface area contributed by atoms with Gasteiger partial charge < -0.3 is 16.0 Å². The molecular formula is C16H24ClN3S. The molecule has 116 valence electrons. The van der Waals surface area contributed by atoms with Crippen LogP contribution in [0.15, 0.2) is 24.3 Å². The molecule has 3 N–H and O–H groups in total. The van der Waals surface area contributed by atoms with Gasteiger partial charge in [-0.3, -0.25) is 0 Å². The van der Waals surface area contributed by atoms with Crippen molar-refractivity contribution in [2.75, 3.05) is 5.32 Å². The van der Waals surface area contributed by atoms with Crippen LogP contribution in [0.25, 0.3) is 0 Å². The van der Waals surface area contributed by atoms with E-state index in [4.69, 9.17) is 23.8 Å². The SMILES string of the molecule is CC1(C)CC(NC(=S)Nc2ccc(Cl)cc2)CC(C)(C)N1. The summed E-state index contributed by atoms with van der Waals surface area (Å²) in [6.07, 6.45) is 2.08. The zero-order valence-corrected chi connectivity index (χ0v) is 14.7. The third-order valence-corrected chi connectivity index (χ3v) is 4.10. The summed E-state index contributed by atoms with van der Waals surface area (Å²) in [6, 6.07) is 7.91.